The summed E-state index contributed by atoms with van der Waals surface area (Å²) in [6, 6.07) is 5.93. The molecule has 2 aliphatic rings. The van der Waals surface area contributed by atoms with E-state index in [1.165, 1.54) is 0 Å². The second-order valence-corrected chi connectivity index (χ2v) is 6.21. The van der Waals surface area contributed by atoms with Crippen molar-refractivity contribution in [2.75, 3.05) is 40.2 Å². The Hall–Kier alpha value is -1.34. The minimum atomic E-state index is -0.504. The zero-order valence-corrected chi connectivity index (χ0v) is 13.6. The lowest BCUT2D eigenvalue weighted by molar-refractivity contribution is -0.0238. The van der Waals surface area contributed by atoms with Crippen LogP contribution in [0.5, 0.6) is 11.5 Å². The smallest absolute Gasteiger partial charge is 0.231 e. The highest BCUT2D eigenvalue weighted by Gasteiger charge is 2.17. The molecule has 1 N–H and O–H groups in total. The normalized spacial score (nSPS) is 21.1. The van der Waals surface area contributed by atoms with Gasteiger partial charge in [0.05, 0.1) is 25.4 Å². The van der Waals surface area contributed by atoms with Crippen LogP contribution in [0.1, 0.15) is 18.4 Å². The lowest BCUT2D eigenvalue weighted by atomic mass is 10.2. The van der Waals surface area contributed by atoms with E-state index in [0.717, 1.165) is 43.1 Å². The van der Waals surface area contributed by atoms with Crippen LogP contribution in [0.2, 0.25) is 0 Å². The number of benzene rings is 1. The maximum atomic E-state index is 10.1. The molecule has 0 amide bonds. The van der Waals surface area contributed by atoms with Crippen molar-refractivity contribution in [3.05, 3.63) is 23.8 Å². The van der Waals surface area contributed by atoms with E-state index in [9.17, 15) is 5.11 Å². The molecule has 1 aromatic rings. The highest BCUT2D eigenvalue weighted by Crippen LogP contribution is 2.32. The molecule has 128 valence electrons. The molecule has 0 aliphatic carbocycles. The molecule has 0 bridgehead atoms. The van der Waals surface area contributed by atoms with Crippen LogP contribution in [0.3, 0.4) is 0 Å². The van der Waals surface area contributed by atoms with Crippen LogP contribution in [-0.2, 0) is 16.0 Å². The van der Waals surface area contributed by atoms with Crippen LogP contribution >= 0.6 is 0 Å². The van der Waals surface area contributed by atoms with Gasteiger partial charge in [-0.05, 0) is 37.6 Å². The summed E-state index contributed by atoms with van der Waals surface area (Å²) < 4.78 is 21.7. The quantitative estimate of drug-likeness (QED) is 0.780. The van der Waals surface area contributed by atoms with Gasteiger partial charge in [0, 0.05) is 19.7 Å². The van der Waals surface area contributed by atoms with E-state index in [1.807, 2.05) is 25.2 Å². The Morgan fingerprint density at radius 3 is 3.04 bits per heavy atom. The van der Waals surface area contributed by atoms with Gasteiger partial charge in [-0.1, -0.05) is 6.07 Å². The zero-order valence-electron chi connectivity index (χ0n) is 13.6. The van der Waals surface area contributed by atoms with Gasteiger partial charge in [0.15, 0.2) is 11.5 Å². The van der Waals surface area contributed by atoms with Crippen molar-refractivity contribution in [1.82, 2.24) is 4.90 Å². The number of ether oxygens (including phenoxy) is 4. The summed E-state index contributed by atoms with van der Waals surface area (Å²) in [4.78, 5) is 2.07. The summed E-state index contributed by atoms with van der Waals surface area (Å²) in [5.74, 6) is 1.58. The Labute approximate surface area is 136 Å². The number of hydrogen-bond acceptors (Lipinski definition) is 6. The predicted octanol–water partition coefficient (Wildman–Crippen LogP) is 1.40. The van der Waals surface area contributed by atoms with Crippen LogP contribution in [-0.4, -0.2) is 62.4 Å². The first-order chi connectivity index (χ1) is 11.2. The largest absolute Gasteiger partial charge is 0.454 e. The molecule has 1 saturated heterocycles. The van der Waals surface area contributed by atoms with Crippen molar-refractivity contribution < 1.29 is 24.1 Å². The number of hydrogen-bond donors (Lipinski definition) is 1. The highest BCUT2D eigenvalue weighted by atomic mass is 16.7. The van der Waals surface area contributed by atoms with Crippen molar-refractivity contribution in [2.45, 2.75) is 31.6 Å². The van der Waals surface area contributed by atoms with E-state index >= 15 is 0 Å². The first-order valence-corrected chi connectivity index (χ1v) is 8.15. The third-order valence-electron chi connectivity index (χ3n) is 4.05. The summed E-state index contributed by atoms with van der Waals surface area (Å²) in [5, 5.41) is 10.1. The molecule has 6 heteroatoms. The van der Waals surface area contributed by atoms with Gasteiger partial charge in [-0.25, -0.2) is 0 Å². The average molecular weight is 323 g/mol. The zero-order chi connectivity index (χ0) is 16.1. The number of fused-ring (bicyclic) bond motifs is 1. The summed E-state index contributed by atoms with van der Waals surface area (Å²) >= 11 is 0. The van der Waals surface area contributed by atoms with Gasteiger partial charge in [0.25, 0.3) is 0 Å². The second kappa shape index (κ2) is 7.97. The fraction of sp³-hybridized carbons (Fsp3) is 0.647. The minimum Gasteiger partial charge on any atom is -0.454 e. The number of likely N-dealkylation sites (N-methyl/N-ethyl adjacent to an activating group) is 1. The van der Waals surface area contributed by atoms with Crippen LogP contribution in [0, 0.1) is 0 Å². The molecule has 3 rings (SSSR count). The Balaban J connectivity index is 1.37. The Morgan fingerprint density at radius 1 is 1.35 bits per heavy atom. The lowest BCUT2D eigenvalue weighted by Crippen LogP contribution is -2.32. The molecule has 0 saturated carbocycles. The first-order valence-electron chi connectivity index (χ1n) is 8.15. The molecule has 1 aromatic carbocycles. The summed E-state index contributed by atoms with van der Waals surface area (Å²) in [6.45, 7) is 3.32. The maximum Gasteiger partial charge on any atom is 0.231 e. The molecule has 2 aliphatic heterocycles. The Morgan fingerprint density at radius 2 is 2.22 bits per heavy atom. The average Bonchev–Trinajstić information content (AvgIpc) is 3.17. The number of aliphatic hydroxyl groups is 1. The van der Waals surface area contributed by atoms with E-state index in [-0.39, 0.29) is 12.9 Å². The van der Waals surface area contributed by atoms with Gasteiger partial charge in [0.1, 0.15) is 0 Å². The molecule has 6 nitrogen and oxygen atoms in total. The third-order valence-corrected chi connectivity index (χ3v) is 4.05. The summed E-state index contributed by atoms with van der Waals surface area (Å²) in [5.41, 5.74) is 1.13. The topological polar surface area (TPSA) is 60.4 Å². The van der Waals surface area contributed by atoms with Gasteiger partial charge in [-0.15, -0.1) is 0 Å². The fourth-order valence-corrected chi connectivity index (χ4v) is 2.94. The van der Waals surface area contributed by atoms with Crippen molar-refractivity contribution in [2.24, 2.45) is 0 Å². The molecule has 1 fully saturated rings. The van der Waals surface area contributed by atoms with Gasteiger partial charge < -0.3 is 24.1 Å². The van der Waals surface area contributed by atoms with E-state index in [4.69, 9.17) is 18.9 Å². The molecular formula is C17H25NO5. The van der Waals surface area contributed by atoms with Crippen LogP contribution in [0.15, 0.2) is 18.2 Å². The fourth-order valence-electron chi connectivity index (χ4n) is 2.94. The standard InChI is InChI=1S/C17H25NO5/c1-18(8-13-4-5-16-17(7-13)23-12-22-16)9-14(19)10-20-11-15-3-2-6-21-15/h4-5,7,14-15,19H,2-3,6,8-12H2,1H3/t14-,15-/m0/s1. The van der Waals surface area contributed by atoms with E-state index in [0.29, 0.717) is 19.8 Å². The SMILES string of the molecule is CN(Cc1ccc2c(c1)OCO2)C[C@H](O)COC[C@@H]1CCCO1. The van der Waals surface area contributed by atoms with Crippen molar-refractivity contribution in [1.29, 1.82) is 0 Å². The van der Waals surface area contributed by atoms with E-state index in [1.54, 1.807) is 0 Å². The van der Waals surface area contributed by atoms with Crippen LogP contribution < -0.4 is 9.47 Å². The number of nitrogens with zero attached hydrogens (tertiary/aromatic N) is 1. The van der Waals surface area contributed by atoms with E-state index in [2.05, 4.69) is 4.90 Å². The van der Waals surface area contributed by atoms with Gasteiger partial charge in [-0.3, -0.25) is 4.90 Å². The molecular weight excluding hydrogens is 298 g/mol. The van der Waals surface area contributed by atoms with Crippen molar-refractivity contribution >= 4 is 0 Å². The maximum absolute atomic E-state index is 10.1. The van der Waals surface area contributed by atoms with Crippen LogP contribution in [0.4, 0.5) is 0 Å². The monoisotopic (exact) mass is 323 g/mol. The summed E-state index contributed by atoms with van der Waals surface area (Å²) in [6.07, 6.45) is 1.86. The first kappa shape index (κ1) is 16.5. The lowest BCUT2D eigenvalue weighted by Gasteiger charge is -2.21. The molecule has 0 unspecified atom stereocenters. The Bertz CT molecular complexity index is 504. The molecule has 0 spiro atoms. The predicted molar refractivity (Wildman–Crippen MR) is 84.7 cm³/mol. The third kappa shape index (κ3) is 4.81. The molecule has 0 aromatic heterocycles. The Kier molecular flexibility index (Phi) is 5.72. The molecule has 2 atom stereocenters. The second-order valence-electron chi connectivity index (χ2n) is 6.21. The van der Waals surface area contributed by atoms with E-state index < -0.39 is 6.10 Å². The minimum absolute atomic E-state index is 0.202. The van der Waals surface area contributed by atoms with Gasteiger partial charge in [-0.2, -0.15) is 0 Å². The number of rotatable bonds is 8. The molecule has 2 heterocycles. The molecule has 23 heavy (non-hydrogen) atoms. The number of aliphatic hydroxyl groups excluding tert-OH is 1. The molecule has 0 radical (unpaired) electrons. The van der Waals surface area contributed by atoms with Gasteiger partial charge in [0.2, 0.25) is 6.79 Å². The van der Waals surface area contributed by atoms with Gasteiger partial charge >= 0.3 is 0 Å². The highest BCUT2D eigenvalue weighted by molar-refractivity contribution is 5.44. The van der Waals surface area contributed by atoms with Crippen molar-refractivity contribution in [3.63, 3.8) is 0 Å². The van der Waals surface area contributed by atoms with Crippen molar-refractivity contribution in [3.8, 4) is 11.5 Å². The van der Waals surface area contributed by atoms with Crippen LogP contribution in [0.25, 0.3) is 0 Å². The summed E-state index contributed by atoms with van der Waals surface area (Å²) in [7, 11) is 1.98.